The molecule has 1 amide bonds. The molecule has 0 saturated heterocycles. The smallest absolute Gasteiger partial charge is 0.224 e. The van der Waals surface area contributed by atoms with E-state index in [9.17, 15) is 4.79 Å². The molecule has 0 aliphatic heterocycles. The summed E-state index contributed by atoms with van der Waals surface area (Å²) in [5, 5.41) is 3.16. The third-order valence-electron chi connectivity index (χ3n) is 4.13. The summed E-state index contributed by atoms with van der Waals surface area (Å²) < 4.78 is 0. The molecule has 0 radical (unpaired) electrons. The van der Waals surface area contributed by atoms with Crippen LogP contribution in [0.3, 0.4) is 0 Å². The Morgan fingerprint density at radius 3 is 2.89 bits per heavy atom. The van der Waals surface area contributed by atoms with Crippen LogP contribution in [0.4, 0.5) is 5.69 Å². The summed E-state index contributed by atoms with van der Waals surface area (Å²) in [6, 6.07) is 7.94. The van der Waals surface area contributed by atoms with E-state index in [1.54, 1.807) is 0 Å². The van der Waals surface area contributed by atoms with Crippen LogP contribution >= 0.6 is 0 Å². The average molecular weight is 260 g/mol. The van der Waals surface area contributed by atoms with Gasteiger partial charge in [-0.3, -0.25) is 4.79 Å². The van der Waals surface area contributed by atoms with E-state index in [4.69, 9.17) is 5.73 Å². The number of hydrogen-bond donors (Lipinski definition) is 2. The predicted molar refractivity (Wildman–Crippen MR) is 78.7 cm³/mol. The quantitative estimate of drug-likeness (QED) is 0.818. The number of carbonyl (C=O) groups is 1. The maximum absolute atomic E-state index is 12.1. The van der Waals surface area contributed by atoms with Gasteiger partial charge in [-0.15, -0.1) is 0 Å². The van der Waals surface area contributed by atoms with Gasteiger partial charge in [0.2, 0.25) is 5.91 Å². The highest BCUT2D eigenvalue weighted by Gasteiger charge is 2.22. The van der Waals surface area contributed by atoms with Gasteiger partial charge in [0.05, 0.1) is 6.42 Å². The Morgan fingerprint density at radius 1 is 1.37 bits per heavy atom. The fraction of sp³-hybridized carbons (Fsp3) is 0.562. The number of anilines is 1. The molecule has 2 rings (SSSR count). The monoisotopic (exact) mass is 260 g/mol. The van der Waals surface area contributed by atoms with E-state index in [1.807, 2.05) is 24.3 Å². The average Bonchev–Trinajstić information content (AvgIpc) is 2.41. The molecule has 1 aliphatic carbocycles. The summed E-state index contributed by atoms with van der Waals surface area (Å²) in [5.41, 5.74) is 7.49. The maximum Gasteiger partial charge on any atom is 0.224 e. The summed E-state index contributed by atoms with van der Waals surface area (Å²) in [6.45, 7) is 2.24. The molecular weight excluding hydrogens is 236 g/mol. The van der Waals surface area contributed by atoms with Crippen molar-refractivity contribution in [3.05, 3.63) is 29.8 Å². The van der Waals surface area contributed by atoms with Crippen molar-refractivity contribution in [2.45, 2.75) is 51.5 Å². The zero-order valence-electron chi connectivity index (χ0n) is 11.7. The first-order valence-electron chi connectivity index (χ1n) is 7.31. The number of para-hydroxylation sites is 1. The summed E-state index contributed by atoms with van der Waals surface area (Å²) in [6.07, 6.45) is 6.41. The van der Waals surface area contributed by atoms with Gasteiger partial charge in [0.1, 0.15) is 0 Å². The number of nitrogen functional groups attached to an aromatic ring is 1. The molecular formula is C16H24N2O. The van der Waals surface area contributed by atoms with Crippen molar-refractivity contribution in [3.8, 4) is 0 Å². The highest BCUT2D eigenvalue weighted by Crippen LogP contribution is 2.26. The molecule has 1 fully saturated rings. The van der Waals surface area contributed by atoms with E-state index in [-0.39, 0.29) is 5.91 Å². The molecule has 19 heavy (non-hydrogen) atoms. The van der Waals surface area contributed by atoms with Crippen molar-refractivity contribution in [1.29, 1.82) is 0 Å². The van der Waals surface area contributed by atoms with Crippen LogP contribution in [0.2, 0.25) is 0 Å². The lowest BCUT2D eigenvalue weighted by atomic mass is 9.84. The Kier molecular flexibility index (Phi) is 4.83. The Bertz CT molecular complexity index is 431. The van der Waals surface area contributed by atoms with Crippen LogP contribution in [0.1, 0.15) is 44.6 Å². The molecule has 2 unspecified atom stereocenters. The van der Waals surface area contributed by atoms with Gasteiger partial charge in [-0.2, -0.15) is 0 Å². The normalized spacial score (nSPS) is 23.0. The summed E-state index contributed by atoms with van der Waals surface area (Å²) in [5.74, 6) is 0.875. The Morgan fingerprint density at radius 2 is 2.16 bits per heavy atom. The summed E-state index contributed by atoms with van der Waals surface area (Å²) >= 11 is 0. The molecule has 3 N–H and O–H groups in total. The van der Waals surface area contributed by atoms with Gasteiger partial charge in [-0.05, 0) is 30.4 Å². The number of amides is 1. The van der Waals surface area contributed by atoms with E-state index in [1.165, 1.54) is 19.3 Å². The van der Waals surface area contributed by atoms with Gasteiger partial charge in [0, 0.05) is 11.7 Å². The number of benzene rings is 1. The maximum atomic E-state index is 12.1. The van der Waals surface area contributed by atoms with Crippen LogP contribution in [0, 0.1) is 5.92 Å². The molecule has 3 nitrogen and oxygen atoms in total. The van der Waals surface area contributed by atoms with E-state index in [2.05, 4.69) is 12.2 Å². The summed E-state index contributed by atoms with van der Waals surface area (Å²) in [7, 11) is 0. The first kappa shape index (κ1) is 13.9. The van der Waals surface area contributed by atoms with Crippen molar-refractivity contribution >= 4 is 11.6 Å². The van der Waals surface area contributed by atoms with Gasteiger partial charge in [0.15, 0.2) is 0 Å². The molecule has 3 heteroatoms. The third-order valence-corrected chi connectivity index (χ3v) is 4.13. The highest BCUT2D eigenvalue weighted by atomic mass is 16.1. The van der Waals surface area contributed by atoms with Crippen molar-refractivity contribution < 1.29 is 4.79 Å². The van der Waals surface area contributed by atoms with Crippen molar-refractivity contribution in [1.82, 2.24) is 5.32 Å². The molecule has 1 aliphatic rings. The van der Waals surface area contributed by atoms with Crippen LogP contribution in [-0.4, -0.2) is 11.9 Å². The van der Waals surface area contributed by atoms with Crippen LogP contribution < -0.4 is 11.1 Å². The third kappa shape index (κ3) is 3.98. The molecule has 0 spiro atoms. The fourth-order valence-electron chi connectivity index (χ4n) is 2.94. The Balaban J connectivity index is 1.86. The van der Waals surface area contributed by atoms with Crippen LogP contribution in [-0.2, 0) is 11.2 Å². The standard InChI is InChI=1S/C16H24N2O/c1-2-12-6-5-8-14(10-12)18-16(19)11-13-7-3-4-9-15(13)17/h3-4,7,9,12,14H,2,5-6,8,10-11,17H2,1H3,(H,18,19). The first-order chi connectivity index (χ1) is 9.19. The highest BCUT2D eigenvalue weighted by molar-refractivity contribution is 5.80. The van der Waals surface area contributed by atoms with Gasteiger partial charge >= 0.3 is 0 Å². The Hall–Kier alpha value is -1.51. The van der Waals surface area contributed by atoms with Crippen molar-refractivity contribution in [2.24, 2.45) is 5.92 Å². The molecule has 0 heterocycles. The molecule has 104 valence electrons. The number of rotatable bonds is 4. The van der Waals surface area contributed by atoms with E-state index >= 15 is 0 Å². The van der Waals surface area contributed by atoms with Crippen LogP contribution in [0.5, 0.6) is 0 Å². The van der Waals surface area contributed by atoms with E-state index < -0.39 is 0 Å². The zero-order chi connectivity index (χ0) is 13.7. The minimum Gasteiger partial charge on any atom is -0.398 e. The number of nitrogens with two attached hydrogens (primary N) is 1. The molecule has 2 atom stereocenters. The number of nitrogens with one attached hydrogen (secondary N) is 1. The lowest BCUT2D eigenvalue weighted by Gasteiger charge is -2.29. The second kappa shape index (κ2) is 6.60. The van der Waals surface area contributed by atoms with Crippen LogP contribution in [0.25, 0.3) is 0 Å². The minimum absolute atomic E-state index is 0.0969. The largest absolute Gasteiger partial charge is 0.398 e. The first-order valence-corrected chi connectivity index (χ1v) is 7.31. The second-order valence-corrected chi connectivity index (χ2v) is 5.58. The topological polar surface area (TPSA) is 55.1 Å². The Labute approximate surface area is 115 Å². The van der Waals surface area contributed by atoms with E-state index in [0.29, 0.717) is 18.2 Å². The van der Waals surface area contributed by atoms with E-state index in [0.717, 1.165) is 24.3 Å². The SMILES string of the molecule is CCC1CCCC(NC(=O)Cc2ccccc2N)C1. The van der Waals surface area contributed by atoms with Crippen molar-refractivity contribution in [2.75, 3.05) is 5.73 Å². The zero-order valence-corrected chi connectivity index (χ0v) is 11.7. The fourth-order valence-corrected chi connectivity index (χ4v) is 2.94. The summed E-state index contributed by atoms with van der Waals surface area (Å²) in [4.78, 5) is 12.1. The van der Waals surface area contributed by atoms with Gasteiger partial charge in [0.25, 0.3) is 0 Å². The van der Waals surface area contributed by atoms with Gasteiger partial charge in [-0.25, -0.2) is 0 Å². The van der Waals surface area contributed by atoms with Crippen LogP contribution in [0.15, 0.2) is 24.3 Å². The number of hydrogen-bond acceptors (Lipinski definition) is 2. The molecule has 1 saturated carbocycles. The minimum atomic E-state index is 0.0969. The molecule has 0 bridgehead atoms. The lowest BCUT2D eigenvalue weighted by molar-refractivity contribution is -0.121. The molecule has 1 aromatic rings. The lowest BCUT2D eigenvalue weighted by Crippen LogP contribution is -2.39. The predicted octanol–water partition coefficient (Wildman–Crippen LogP) is 2.90. The molecule has 1 aromatic carbocycles. The van der Waals surface area contributed by atoms with Crippen molar-refractivity contribution in [3.63, 3.8) is 0 Å². The van der Waals surface area contributed by atoms with Gasteiger partial charge in [-0.1, -0.05) is 44.4 Å². The second-order valence-electron chi connectivity index (χ2n) is 5.58. The molecule has 0 aromatic heterocycles. The van der Waals surface area contributed by atoms with Gasteiger partial charge < -0.3 is 11.1 Å². The number of carbonyl (C=O) groups excluding carboxylic acids is 1.